The Morgan fingerprint density at radius 3 is 2.38 bits per heavy atom. The average Bonchev–Trinajstić information content (AvgIpc) is 2.36. The predicted octanol–water partition coefficient (Wildman–Crippen LogP) is 4.82. The van der Waals surface area contributed by atoms with Crippen molar-refractivity contribution in [1.82, 2.24) is 5.32 Å². The maximum absolute atomic E-state index is 12.2. The molecule has 0 amide bonds. The third kappa shape index (κ3) is 5.23. The van der Waals surface area contributed by atoms with Gasteiger partial charge in [-0.1, -0.05) is 38.3 Å². The fourth-order valence-corrected chi connectivity index (χ4v) is 2.62. The minimum atomic E-state index is -4.63. The minimum Gasteiger partial charge on any atom is -0.406 e. The van der Waals surface area contributed by atoms with Crippen molar-refractivity contribution in [3.8, 4) is 5.75 Å². The summed E-state index contributed by atoms with van der Waals surface area (Å²) in [6, 6.07) is 6.46. The molecule has 0 bridgehead atoms. The second kappa shape index (κ2) is 7.16. The molecule has 2 rings (SSSR count). The van der Waals surface area contributed by atoms with Gasteiger partial charge in [-0.3, -0.25) is 0 Å². The molecule has 1 aliphatic rings. The van der Waals surface area contributed by atoms with Crippen molar-refractivity contribution in [1.29, 1.82) is 0 Å². The van der Waals surface area contributed by atoms with Crippen molar-refractivity contribution >= 4 is 0 Å². The Kier molecular flexibility index (Phi) is 5.51. The van der Waals surface area contributed by atoms with E-state index in [0.717, 1.165) is 30.9 Å². The van der Waals surface area contributed by atoms with Crippen LogP contribution in [0.4, 0.5) is 13.2 Å². The molecule has 0 heterocycles. The monoisotopic (exact) mass is 301 g/mol. The molecule has 118 valence electrons. The van der Waals surface area contributed by atoms with Gasteiger partial charge in [0.25, 0.3) is 0 Å². The second-order valence-electron chi connectivity index (χ2n) is 5.66. The minimum absolute atomic E-state index is 0.163. The van der Waals surface area contributed by atoms with Crippen LogP contribution in [-0.2, 0) is 0 Å². The van der Waals surface area contributed by atoms with E-state index in [1.807, 2.05) is 0 Å². The molecule has 1 unspecified atom stereocenters. The maximum atomic E-state index is 12.2. The first-order valence-corrected chi connectivity index (χ1v) is 7.57. The molecular formula is C16H22F3NO. The summed E-state index contributed by atoms with van der Waals surface area (Å²) in [5.74, 6) is 0.578. The maximum Gasteiger partial charge on any atom is 0.573 e. The van der Waals surface area contributed by atoms with E-state index in [-0.39, 0.29) is 11.8 Å². The normalized spacial score (nSPS) is 17.3. The molecule has 0 aliphatic heterocycles. The van der Waals surface area contributed by atoms with Crippen LogP contribution in [0.3, 0.4) is 0 Å². The predicted molar refractivity (Wildman–Crippen MR) is 76.1 cm³/mol. The fourth-order valence-electron chi connectivity index (χ4n) is 2.62. The van der Waals surface area contributed by atoms with Gasteiger partial charge in [0.15, 0.2) is 0 Å². The van der Waals surface area contributed by atoms with Gasteiger partial charge in [-0.2, -0.15) is 0 Å². The Labute approximate surface area is 123 Å². The highest BCUT2D eigenvalue weighted by molar-refractivity contribution is 5.29. The average molecular weight is 301 g/mol. The van der Waals surface area contributed by atoms with E-state index in [1.54, 1.807) is 12.1 Å². The lowest BCUT2D eigenvalue weighted by molar-refractivity contribution is -0.274. The number of alkyl halides is 3. The molecule has 0 aromatic heterocycles. The molecule has 1 saturated carbocycles. The zero-order valence-corrected chi connectivity index (χ0v) is 12.2. The van der Waals surface area contributed by atoms with E-state index >= 15 is 0 Å². The van der Waals surface area contributed by atoms with Crippen LogP contribution < -0.4 is 10.1 Å². The molecule has 1 aliphatic carbocycles. The number of benzene rings is 1. The van der Waals surface area contributed by atoms with Crippen LogP contribution in [0, 0.1) is 5.92 Å². The van der Waals surface area contributed by atoms with Crippen LogP contribution in [0.15, 0.2) is 24.3 Å². The summed E-state index contributed by atoms with van der Waals surface area (Å²) >= 11 is 0. The standard InChI is InChI=1S/C16H22F3NO/c1-2-10-20-15(11-12-4-3-5-12)13-6-8-14(9-7-13)21-16(17,18)19/h6-9,12,15,20H,2-5,10-11H2,1H3. The molecule has 0 radical (unpaired) electrons. The molecule has 1 atom stereocenters. The Balaban J connectivity index is 2.00. The highest BCUT2D eigenvalue weighted by Crippen LogP contribution is 2.35. The van der Waals surface area contributed by atoms with Crippen LogP contribution in [0.25, 0.3) is 0 Å². The summed E-state index contributed by atoms with van der Waals surface area (Å²) in [6.07, 6.45) is 1.28. The molecule has 5 heteroatoms. The van der Waals surface area contributed by atoms with Gasteiger partial charge in [-0.05, 0) is 43.0 Å². The van der Waals surface area contributed by atoms with Crippen molar-refractivity contribution in [2.75, 3.05) is 6.54 Å². The van der Waals surface area contributed by atoms with Gasteiger partial charge in [0.1, 0.15) is 5.75 Å². The lowest BCUT2D eigenvalue weighted by Crippen LogP contribution is -2.26. The van der Waals surface area contributed by atoms with Gasteiger partial charge in [0.05, 0.1) is 0 Å². The third-order valence-electron chi connectivity index (χ3n) is 3.95. The number of halogens is 3. The van der Waals surface area contributed by atoms with Crippen LogP contribution in [-0.4, -0.2) is 12.9 Å². The third-order valence-corrected chi connectivity index (χ3v) is 3.95. The highest BCUT2D eigenvalue weighted by atomic mass is 19.4. The lowest BCUT2D eigenvalue weighted by atomic mass is 9.79. The van der Waals surface area contributed by atoms with Crippen molar-refractivity contribution in [2.45, 2.75) is 51.4 Å². The molecule has 1 N–H and O–H groups in total. The summed E-state index contributed by atoms with van der Waals surface area (Å²) in [5, 5.41) is 3.49. The topological polar surface area (TPSA) is 21.3 Å². The number of rotatable bonds is 7. The Morgan fingerprint density at radius 1 is 1.24 bits per heavy atom. The molecule has 2 nitrogen and oxygen atoms in total. The second-order valence-corrected chi connectivity index (χ2v) is 5.66. The van der Waals surface area contributed by atoms with E-state index < -0.39 is 6.36 Å². The van der Waals surface area contributed by atoms with Crippen molar-refractivity contribution in [2.24, 2.45) is 5.92 Å². The summed E-state index contributed by atoms with van der Waals surface area (Å²) in [6.45, 7) is 3.02. The van der Waals surface area contributed by atoms with Gasteiger partial charge in [-0.25, -0.2) is 0 Å². The van der Waals surface area contributed by atoms with E-state index in [0.29, 0.717) is 0 Å². The van der Waals surface area contributed by atoms with E-state index in [1.165, 1.54) is 31.4 Å². The number of ether oxygens (including phenoxy) is 1. The number of hydrogen-bond acceptors (Lipinski definition) is 2. The first kappa shape index (κ1) is 16.1. The first-order chi connectivity index (χ1) is 9.98. The van der Waals surface area contributed by atoms with Crippen LogP contribution >= 0.6 is 0 Å². The number of hydrogen-bond donors (Lipinski definition) is 1. The van der Waals surface area contributed by atoms with Crippen LogP contribution in [0.5, 0.6) is 5.75 Å². The molecule has 0 saturated heterocycles. The molecule has 1 aromatic rings. The summed E-state index contributed by atoms with van der Waals surface area (Å²) in [7, 11) is 0. The Morgan fingerprint density at radius 2 is 1.90 bits per heavy atom. The molecule has 21 heavy (non-hydrogen) atoms. The van der Waals surface area contributed by atoms with Crippen molar-refractivity contribution < 1.29 is 17.9 Å². The highest BCUT2D eigenvalue weighted by Gasteiger charge is 2.31. The van der Waals surface area contributed by atoms with Gasteiger partial charge < -0.3 is 10.1 Å². The lowest BCUT2D eigenvalue weighted by Gasteiger charge is -2.30. The largest absolute Gasteiger partial charge is 0.573 e. The Bertz CT molecular complexity index is 426. The van der Waals surface area contributed by atoms with E-state index in [4.69, 9.17) is 0 Å². The van der Waals surface area contributed by atoms with Crippen molar-refractivity contribution in [3.63, 3.8) is 0 Å². The van der Waals surface area contributed by atoms with Gasteiger partial charge >= 0.3 is 6.36 Å². The zero-order chi connectivity index (χ0) is 15.3. The molecule has 1 aromatic carbocycles. The van der Waals surface area contributed by atoms with Crippen LogP contribution in [0.2, 0.25) is 0 Å². The summed E-state index contributed by atoms with van der Waals surface area (Å²) < 4.78 is 40.4. The SMILES string of the molecule is CCCNC(CC1CCC1)c1ccc(OC(F)(F)F)cc1. The van der Waals surface area contributed by atoms with E-state index in [9.17, 15) is 13.2 Å². The quantitative estimate of drug-likeness (QED) is 0.780. The molecule has 0 spiro atoms. The zero-order valence-electron chi connectivity index (χ0n) is 12.2. The molecule has 1 fully saturated rings. The van der Waals surface area contributed by atoms with Crippen LogP contribution in [0.1, 0.15) is 50.6 Å². The first-order valence-electron chi connectivity index (χ1n) is 7.57. The van der Waals surface area contributed by atoms with Crippen molar-refractivity contribution in [3.05, 3.63) is 29.8 Å². The summed E-state index contributed by atoms with van der Waals surface area (Å²) in [5.41, 5.74) is 1.03. The Hall–Kier alpha value is -1.23. The number of nitrogens with one attached hydrogen (secondary N) is 1. The van der Waals surface area contributed by atoms with Gasteiger partial charge in [0, 0.05) is 6.04 Å². The van der Waals surface area contributed by atoms with E-state index in [2.05, 4.69) is 17.0 Å². The van der Waals surface area contributed by atoms with Gasteiger partial charge in [-0.15, -0.1) is 13.2 Å². The smallest absolute Gasteiger partial charge is 0.406 e. The fraction of sp³-hybridized carbons (Fsp3) is 0.625. The van der Waals surface area contributed by atoms with Gasteiger partial charge in [0.2, 0.25) is 0 Å². The summed E-state index contributed by atoms with van der Waals surface area (Å²) in [4.78, 5) is 0. The molecular weight excluding hydrogens is 279 g/mol.